The van der Waals surface area contributed by atoms with E-state index in [0.717, 1.165) is 24.8 Å². The summed E-state index contributed by atoms with van der Waals surface area (Å²) in [6.07, 6.45) is 1.09. The fourth-order valence-corrected chi connectivity index (χ4v) is 3.38. The maximum Gasteiger partial charge on any atom is 0.275 e. The van der Waals surface area contributed by atoms with Gasteiger partial charge in [-0.2, -0.15) is 0 Å². The molecule has 0 spiro atoms. The van der Waals surface area contributed by atoms with Crippen LogP contribution in [0.15, 0.2) is 54.6 Å². The van der Waals surface area contributed by atoms with Crippen LogP contribution < -0.4 is 4.74 Å². The molecule has 2 amide bonds. The summed E-state index contributed by atoms with van der Waals surface area (Å²) in [6.45, 7) is 1.66. The number of likely N-dealkylation sites (tertiary alicyclic amines) is 1. The molecular formula is C23H28N2O5. The smallest absolute Gasteiger partial charge is 0.275 e. The van der Waals surface area contributed by atoms with Gasteiger partial charge in [-0.15, -0.1) is 0 Å². The molecule has 0 bridgehead atoms. The number of hydrogen-bond donors (Lipinski definition) is 2. The third-order valence-electron chi connectivity index (χ3n) is 5.12. The van der Waals surface area contributed by atoms with Gasteiger partial charge < -0.3 is 14.7 Å². The van der Waals surface area contributed by atoms with Gasteiger partial charge in [-0.1, -0.05) is 42.5 Å². The van der Waals surface area contributed by atoms with E-state index in [4.69, 9.17) is 4.74 Å². The summed E-state index contributed by atoms with van der Waals surface area (Å²) in [7, 11) is 0. The van der Waals surface area contributed by atoms with Gasteiger partial charge >= 0.3 is 0 Å². The Kier molecular flexibility index (Phi) is 7.82. The van der Waals surface area contributed by atoms with E-state index < -0.39 is 12.0 Å². The van der Waals surface area contributed by atoms with E-state index in [9.17, 15) is 19.9 Å². The van der Waals surface area contributed by atoms with Crippen LogP contribution in [-0.4, -0.2) is 51.3 Å². The van der Waals surface area contributed by atoms with Crippen molar-refractivity contribution in [2.75, 3.05) is 13.1 Å². The molecule has 0 unspecified atom stereocenters. The number of rotatable bonds is 8. The van der Waals surface area contributed by atoms with Crippen LogP contribution in [0, 0.1) is 0 Å². The highest BCUT2D eigenvalue weighted by Gasteiger charge is 2.27. The third kappa shape index (κ3) is 6.30. The number of carbonyl (C=O) groups excluding carboxylic acids is 2. The largest absolute Gasteiger partial charge is 0.489 e. The zero-order valence-electron chi connectivity index (χ0n) is 16.9. The first kappa shape index (κ1) is 21.8. The Balaban J connectivity index is 1.46. The summed E-state index contributed by atoms with van der Waals surface area (Å²) in [5.74, 6) is -0.473. The number of benzene rings is 2. The molecule has 1 aliphatic heterocycles. The molecule has 3 rings (SSSR count). The second-order valence-corrected chi connectivity index (χ2v) is 7.48. The second-order valence-electron chi connectivity index (χ2n) is 7.48. The van der Waals surface area contributed by atoms with Gasteiger partial charge in [0.15, 0.2) is 0 Å². The maximum atomic E-state index is 12.2. The van der Waals surface area contributed by atoms with Crippen molar-refractivity contribution in [3.8, 4) is 5.75 Å². The summed E-state index contributed by atoms with van der Waals surface area (Å²) in [6, 6.07) is 16.8. The first-order valence-corrected chi connectivity index (χ1v) is 10.2. The lowest BCUT2D eigenvalue weighted by atomic mass is 10.1. The Morgan fingerprint density at radius 3 is 2.30 bits per heavy atom. The van der Waals surface area contributed by atoms with Crippen LogP contribution in [0.5, 0.6) is 5.75 Å². The zero-order valence-corrected chi connectivity index (χ0v) is 16.9. The van der Waals surface area contributed by atoms with Crippen molar-refractivity contribution in [2.45, 2.75) is 44.9 Å². The standard InChI is InChI=1S/C23H28N2O5/c26-21(15-22(27)24-13-5-2-6-14-24)23(28)25(29)16-18-9-11-20(12-10-18)30-17-19-7-3-1-4-8-19/h1,3-4,7-12,21,26,29H,2,5-6,13-17H2/t21-/m0/s1. The highest BCUT2D eigenvalue weighted by Crippen LogP contribution is 2.16. The van der Waals surface area contributed by atoms with Crippen molar-refractivity contribution in [1.29, 1.82) is 0 Å². The van der Waals surface area contributed by atoms with Crippen LogP contribution in [0.4, 0.5) is 0 Å². The van der Waals surface area contributed by atoms with Crippen molar-refractivity contribution in [3.63, 3.8) is 0 Å². The molecule has 0 aliphatic carbocycles. The third-order valence-corrected chi connectivity index (χ3v) is 5.12. The summed E-state index contributed by atoms with van der Waals surface area (Å²) in [4.78, 5) is 26.1. The topological polar surface area (TPSA) is 90.3 Å². The van der Waals surface area contributed by atoms with E-state index in [1.165, 1.54) is 0 Å². The predicted octanol–water partition coefficient (Wildman–Crippen LogP) is 2.75. The van der Waals surface area contributed by atoms with Crippen LogP contribution in [0.1, 0.15) is 36.8 Å². The molecule has 0 radical (unpaired) electrons. The fraction of sp³-hybridized carbons (Fsp3) is 0.391. The minimum absolute atomic E-state index is 0.0905. The Morgan fingerprint density at radius 1 is 0.967 bits per heavy atom. The minimum Gasteiger partial charge on any atom is -0.489 e. The molecule has 0 saturated carbocycles. The lowest BCUT2D eigenvalue weighted by molar-refractivity contribution is -0.178. The quantitative estimate of drug-likeness (QED) is 0.514. The van der Waals surface area contributed by atoms with E-state index in [1.54, 1.807) is 29.2 Å². The summed E-state index contributed by atoms with van der Waals surface area (Å²) in [5.41, 5.74) is 1.73. The summed E-state index contributed by atoms with van der Waals surface area (Å²) >= 11 is 0. The average Bonchev–Trinajstić information content (AvgIpc) is 2.79. The number of nitrogens with zero attached hydrogens (tertiary/aromatic N) is 2. The van der Waals surface area contributed by atoms with Crippen LogP contribution in [0.3, 0.4) is 0 Å². The zero-order chi connectivity index (χ0) is 21.3. The molecule has 2 aromatic carbocycles. The normalized spacial score (nSPS) is 14.8. The Labute approximate surface area is 176 Å². The molecule has 0 aromatic heterocycles. The van der Waals surface area contributed by atoms with Crippen molar-refractivity contribution >= 4 is 11.8 Å². The van der Waals surface area contributed by atoms with E-state index in [-0.39, 0.29) is 18.9 Å². The lowest BCUT2D eigenvalue weighted by Crippen LogP contribution is -2.42. The van der Waals surface area contributed by atoms with Gasteiger partial charge in [-0.3, -0.25) is 14.8 Å². The van der Waals surface area contributed by atoms with Crippen LogP contribution in [0.25, 0.3) is 0 Å². The van der Waals surface area contributed by atoms with Crippen LogP contribution in [-0.2, 0) is 22.7 Å². The van der Waals surface area contributed by atoms with Gasteiger partial charge in [-0.05, 0) is 42.5 Å². The van der Waals surface area contributed by atoms with Gasteiger partial charge in [0.25, 0.3) is 5.91 Å². The molecule has 2 N–H and O–H groups in total. The molecule has 7 heteroatoms. The number of aliphatic hydroxyl groups excluding tert-OH is 1. The van der Waals surface area contributed by atoms with Gasteiger partial charge in [-0.25, -0.2) is 5.06 Å². The Morgan fingerprint density at radius 2 is 1.63 bits per heavy atom. The molecule has 30 heavy (non-hydrogen) atoms. The van der Waals surface area contributed by atoms with Crippen LogP contribution in [0.2, 0.25) is 0 Å². The highest BCUT2D eigenvalue weighted by atomic mass is 16.5. The fourth-order valence-electron chi connectivity index (χ4n) is 3.38. The number of aliphatic hydroxyl groups is 1. The number of ether oxygens (including phenoxy) is 1. The number of carbonyl (C=O) groups is 2. The molecule has 160 valence electrons. The van der Waals surface area contributed by atoms with Crippen molar-refractivity contribution in [3.05, 3.63) is 65.7 Å². The molecule has 1 heterocycles. The molecule has 7 nitrogen and oxygen atoms in total. The van der Waals surface area contributed by atoms with E-state index >= 15 is 0 Å². The Hall–Kier alpha value is -2.90. The SMILES string of the molecule is O=C([C@@H](O)CC(=O)N1CCCCC1)N(O)Cc1ccc(OCc2ccccc2)cc1. The predicted molar refractivity (Wildman–Crippen MR) is 111 cm³/mol. The molecule has 2 aromatic rings. The molecule has 1 aliphatic rings. The monoisotopic (exact) mass is 412 g/mol. The number of hydroxylamine groups is 2. The first-order chi connectivity index (χ1) is 14.5. The number of amides is 2. The van der Waals surface area contributed by atoms with Gasteiger partial charge in [0, 0.05) is 13.1 Å². The molecule has 1 atom stereocenters. The van der Waals surface area contributed by atoms with Gasteiger partial charge in [0.05, 0.1) is 13.0 Å². The van der Waals surface area contributed by atoms with E-state index in [1.807, 2.05) is 30.3 Å². The molecular weight excluding hydrogens is 384 g/mol. The summed E-state index contributed by atoms with van der Waals surface area (Å²) in [5, 5.41) is 20.6. The van der Waals surface area contributed by atoms with Crippen molar-refractivity contribution in [2.24, 2.45) is 0 Å². The van der Waals surface area contributed by atoms with Crippen LogP contribution >= 0.6 is 0 Å². The second kappa shape index (κ2) is 10.8. The van der Waals surface area contributed by atoms with Crippen molar-refractivity contribution in [1.82, 2.24) is 9.96 Å². The average molecular weight is 412 g/mol. The lowest BCUT2D eigenvalue weighted by Gasteiger charge is -2.27. The molecule has 1 saturated heterocycles. The number of hydrogen-bond acceptors (Lipinski definition) is 5. The first-order valence-electron chi connectivity index (χ1n) is 10.2. The highest BCUT2D eigenvalue weighted by molar-refractivity contribution is 5.86. The Bertz CT molecular complexity index is 819. The van der Waals surface area contributed by atoms with Gasteiger partial charge in [0.2, 0.25) is 5.91 Å². The maximum absolute atomic E-state index is 12.2. The number of piperidine rings is 1. The van der Waals surface area contributed by atoms with E-state index in [2.05, 4.69) is 0 Å². The van der Waals surface area contributed by atoms with E-state index in [0.29, 0.717) is 36.1 Å². The molecule has 1 fully saturated rings. The minimum atomic E-state index is -1.56. The summed E-state index contributed by atoms with van der Waals surface area (Å²) < 4.78 is 5.71. The van der Waals surface area contributed by atoms with Gasteiger partial charge in [0.1, 0.15) is 18.5 Å². The van der Waals surface area contributed by atoms with Crippen molar-refractivity contribution < 1.29 is 24.6 Å².